The summed E-state index contributed by atoms with van der Waals surface area (Å²) in [5, 5.41) is 10.2. The van der Waals surface area contributed by atoms with E-state index in [1.807, 2.05) is 42.5 Å². The van der Waals surface area contributed by atoms with Crippen molar-refractivity contribution >= 4 is 39.9 Å². The number of rotatable bonds is 5. The number of carbonyl (C=O) groups is 3. The fourth-order valence-electron chi connectivity index (χ4n) is 3.35. The zero-order valence-electron chi connectivity index (χ0n) is 16.4. The van der Waals surface area contributed by atoms with E-state index in [1.165, 1.54) is 0 Å². The van der Waals surface area contributed by atoms with Crippen LogP contribution in [0.4, 0.5) is 11.4 Å². The van der Waals surface area contributed by atoms with E-state index in [4.69, 9.17) is 4.74 Å². The van der Waals surface area contributed by atoms with Gasteiger partial charge in [0.15, 0.2) is 6.10 Å². The molecule has 0 spiro atoms. The summed E-state index contributed by atoms with van der Waals surface area (Å²) in [4.78, 5) is 36.3. The Bertz CT molecular complexity index is 1140. The predicted molar refractivity (Wildman–Crippen MR) is 114 cm³/mol. The van der Waals surface area contributed by atoms with E-state index in [0.717, 1.165) is 16.3 Å². The zero-order chi connectivity index (χ0) is 21.1. The topological polar surface area (TPSA) is 96.5 Å². The minimum Gasteiger partial charge on any atom is -0.479 e. The number of fused-ring (bicyclic) bond motifs is 2. The van der Waals surface area contributed by atoms with Crippen LogP contribution in [0.1, 0.15) is 12.5 Å². The molecule has 1 aliphatic heterocycles. The molecule has 1 atom stereocenters. The molecular weight excluding hydrogens is 382 g/mol. The Balaban J connectivity index is 1.33. The summed E-state index contributed by atoms with van der Waals surface area (Å²) in [6.45, 7) is 1.51. The average molecular weight is 403 g/mol. The number of nitrogens with one attached hydrogen (secondary N) is 3. The number of carbonyl (C=O) groups excluding carboxylic acids is 3. The van der Waals surface area contributed by atoms with Crippen molar-refractivity contribution in [1.29, 1.82) is 0 Å². The lowest BCUT2D eigenvalue weighted by Crippen LogP contribution is -2.35. The Labute approximate surface area is 173 Å². The van der Waals surface area contributed by atoms with E-state index in [0.29, 0.717) is 17.1 Å². The number of hydrogen-bond acceptors (Lipinski definition) is 4. The molecule has 4 rings (SSSR count). The van der Waals surface area contributed by atoms with Crippen molar-refractivity contribution in [3.05, 3.63) is 66.2 Å². The SMILES string of the molecule is C[C@H]1Oc2ccc(NC(=O)CNC(=O)Cc3cccc4ccccc34)cc2NC1=O. The van der Waals surface area contributed by atoms with Crippen LogP contribution in [0.3, 0.4) is 0 Å². The van der Waals surface area contributed by atoms with Crippen LogP contribution in [0.15, 0.2) is 60.7 Å². The smallest absolute Gasteiger partial charge is 0.265 e. The summed E-state index contributed by atoms with van der Waals surface area (Å²) < 4.78 is 5.49. The summed E-state index contributed by atoms with van der Waals surface area (Å²) in [5.41, 5.74) is 1.90. The van der Waals surface area contributed by atoms with Gasteiger partial charge in [0.1, 0.15) is 5.75 Å². The van der Waals surface area contributed by atoms with Crippen LogP contribution in [0, 0.1) is 0 Å². The van der Waals surface area contributed by atoms with Gasteiger partial charge in [-0.1, -0.05) is 42.5 Å². The first-order valence-corrected chi connectivity index (χ1v) is 9.64. The largest absolute Gasteiger partial charge is 0.479 e. The van der Waals surface area contributed by atoms with Crippen molar-refractivity contribution in [3.63, 3.8) is 0 Å². The molecule has 3 amide bonds. The minimum absolute atomic E-state index is 0.152. The molecule has 3 N–H and O–H groups in total. The predicted octanol–water partition coefficient (Wildman–Crippen LogP) is 2.86. The van der Waals surface area contributed by atoms with E-state index < -0.39 is 6.10 Å². The molecule has 0 saturated carbocycles. The Morgan fingerprint density at radius 2 is 1.83 bits per heavy atom. The van der Waals surface area contributed by atoms with Crippen LogP contribution in [-0.4, -0.2) is 30.4 Å². The van der Waals surface area contributed by atoms with Gasteiger partial charge in [-0.05, 0) is 41.5 Å². The molecule has 3 aromatic carbocycles. The van der Waals surface area contributed by atoms with Crippen LogP contribution < -0.4 is 20.7 Å². The summed E-state index contributed by atoms with van der Waals surface area (Å²) in [6.07, 6.45) is -0.371. The van der Waals surface area contributed by atoms with Gasteiger partial charge < -0.3 is 20.7 Å². The number of amides is 3. The number of ether oxygens (including phenoxy) is 1. The fraction of sp³-hybridized carbons (Fsp3) is 0.174. The molecule has 0 aromatic heterocycles. The van der Waals surface area contributed by atoms with E-state index in [1.54, 1.807) is 25.1 Å². The lowest BCUT2D eigenvalue weighted by Gasteiger charge is -2.23. The second-order valence-corrected chi connectivity index (χ2v) is 7.10. The van der Waals surface area contributed by atoms with Crippen LogP contribution in [-0.2, 0) is 20.8 Å². The maximum Gasteiger partial charge on any atom is 0.265 e. The summed E-state index contributed by atoms with van der Waals surface area (Å²) in [7, 11) is 0. The van der Waals surface area contributed by atoms with Gasteiger partial charge in [-0.15, -0.1) is 0 Å². The van der Waals surface area contributed by atoms with Crippen molar-refractivity contribution in [2.24, 2.45) is 0 Å². The third kappa shape index (κ3) is 4.25. The molecule has 3 aromatic rings. The van der Waals surface area contributed by atoms with Crippen LogP contribution in [0.5, 0.6) is 5.75 Å². The zero-order valence-corrected chi connectivity index (χ0v) is 16.4. The van der Waals surface area contributed by atoms with Gasteiger partial charge in [0.05, 0.1) is 18.7 Å². The Morgan fingerprint density at radius 1 is 1.03 bits per heavy atom. The van der Waals surface area contributed by atoms with Crippen molar-refractivity contribution in [3.8, 4) is 5.75 Å². The number of anilines is 2. The molecule has 0 unspecified atom stereocenters. The first-order valence-electron chi connectivity index (χ1n) is 9.64. The molecule has 1 aliphatic rings. The quantitative estimate of drug-likeness (QED) is 0.610. The second-order valence-electron chi connectivity index (χ2n) is 7.10. The van der Waals surface area contributed by atoms with Gasteiger partial charge in [-0.25, -0.2) is 0 Å². The first kappa shape index (κ1) is 19.4. The van der Waals surface area contributed by atoms with Gasteiger partial charge >= 0.3 is 0 Å². The summed E-state index contributed by atoms with van der Waals surface area (Å²) >= 11 is 0. The molecule has 152 valence electrons. The van der Waals surface area contributed by atoms with Gasteiger partial charge in [0.25, 0.3) is 5.91 Å². The highest BCUT2D eigenvalue weighted by atomic mass is 16.5. The molecule has 1 heterocycles. The molecule has 7 nitrogen and oxygen atoms in total. The maximum absolute atomic E-state index is 12.3. The molecular formula is C23H21N3O4. The van der Waals surface area contributed by atoms with Crippen molar-refractivity contribution in [2.75, 3.05) is 17.2 Å². The Kier molecular flexibility index (Phi) is 5.34. The maximum atomic E-state index is 12.3. The van der Waals surface area contributed by atoms with Crippen LogP contribution in [0.25, 0.3) is 10.8 Å². The molecule has 0 saturated heterocycles. The highest BCUT2D eigenvalue weighted by Crippen LogP contribution is 2.32. The molecule has 0 aliphatic carbocycles. The van der Waals surface area contributed by atoms with Gasteiger partial charge in [-0.3, -0.25) is 14.4 Å². The highest BCUT2D eigenvalue weighted by Gasteiger charge is 2.23. The number of benzene rings is 3. The van der Waals surface area contributed by atoms with E-state index in [-0.39, 0.29) is 30.7 Å². The second kappa shape index (κ2) is 8.24. The van der Waals surface area contributed by atoms with Crippen molar-refractivity contribution in [1.82, 2.24) is 5.32 Å². The Hall–Kier alpha value is -3.87. The van der Waals surface area contributed by atoms with E-state index >= 15 is 0 Å². The van der Waals surface area contributed by atoms with Gasteiger partial charge in [-0.2, -0.15) is 0 Å². The summed E-state index contributed by atoms with van der Waals surface area (Å²) in [5.74, 6) is -0.297. The normalized spacial score (nSPS) is 15.0. The lowest BCUT2D eigenvalue weighted by atomic mass is 10.0. The molecule has 30 heavy (non-hydrogen) atoms. The monoisotopic (exact) mass is 403 g/mol. The van der Waals surface area contributed by atoms with Gasteiger partial charge in [0.2, 0.25) is 11.8 Å². The third-order valence-corrected chi connectivity index (χ3v) is 4.87. The van der Waals surface area contributed by atoms with Crippen LogP contribution in [0.2, 0.25) is 0 Å². The molecule has 0 radical (unpaired) electrons. The van der Waals surface area contributed by atoms with Crippen molar-refractivity contribution in [2.45, 2.75) is 19.4 Å². The third-order valence-electron chi connectivity index (χ3n) is 4.87. The molecule has 0 bridgehead atoms. The minimum atomic E-state index is -0.560. The lowest BCUT2D eigenvalue weighted by molar-refractivity contribution is -0.123. The summed E-state index contributed by atoms with van der Waals surface area (Å²) in [6, 6.07) is 18.7. The first-order chi connectivity index (χ1) is 14.5. The molecule has 0 fully saturated rings. The standard InChI is InChI=1S/C23H21N3O4/c1-14-23(29)26-19-12-17(9-10-20(19)30-14)25-22(28)13-24-21(27)11-16-7-4-6-15-5-2-3-8-18(15)16/h2-10,12,14H,11,13H2,1H3,(H,24,27)(H,25,28)(H,26,29)/t14-/m1/s1. The number of hydrogen-bond donors (Lipinski definition) is 3. The van der Waals surface area contributed by atoms with Crippen molar-refractivity contribution < 1.29 is 19.1 Å². The Morgan fingerprint density at radius 3 is 2.70 bits per heavy atom. The van der Waals surface area contributed by atoms with E-state index in [9.17, 15) is 14.4 Å². The fourth-order valence-corrected chi connectivity index (χ4v) is 3.35. The van der Waals surface area contributed by atoms with E-state index in [2.05, 4.69) is 16.0 Å². The highest BCUT2D eigenvalue weighted by molar-refractivity contribution is 6.00. The van der Waals surface area contributed by atoms with Gasteiger partial charge in [0, 0.05) is 5.69 Å². The van der Waals surface area contributed by atoms with Crippen LogP contribution >= 0.6 is 0 Å². The molecule has 7 heteroatoms. The average Bonchev–Trinajstić information content (AvgIpc) is 2.74.